The maximum absolute atomic E-state index is 5.52. The minimum absolute atomic E-state index is 0.785. The second kappa shape index (κ2) is 4.93. The summed E-state index contributed by atoms with van der Waals surface area (Å²) in [5.74, 6) is 0.785. The maximum Gasteiger partial charge on any atom is 0.143 e. The molecule has 2 aromatic heterocycles. The van der Waals surface area contributed by atoms with E-state index in [1.165, 1.54) is 16.7 Å². The van der Waals surface area contributed by atoms with Crippen LogP contribution < -0.4 is 0 Å². The van der Waals surface area contributed by atoms with Crippen molar-refractivity contribution in [2.45, 2.75) is 13.3 Å². The van der Waals surface area contributed by atoms with Gasteiger partial charge in [-0.05, 0) is 18.1 Å². The van der Waals surface area contributed by atoms with E-state index in [1.54, 1.807) is 0 Å². The Morgan fingerprint density at radius 1 is 0.917 bits per heavy atom. The minimum Gasteiger partial charge on any atom is -0.360 e. The lowest BCUT2D eigenvalue weighted by Crippen LogP contribution is -1.88. The molecule has 116 valence electrons. The van der Waals surface area contributed by atoms with E-state index in [2.05, 4.69) is 39.6 Å². The van der Waals surface area contributed by atoms with Gasteiger partial charge in [0.1, 0.15) is 17.1 Å². The molecule has 1 aliphatic rings. The zero-order chi connectivity index (χ0) is 16.1. The number of aromatic amines is 1. The van der Waals surface area contributed by atoms with E-state index in [-0.39, 0.29) is 0 Å². The lowest BCUT2D eigenvalue weighted by molar-refractivity contribution is 0.400. The first-order valence-corrected chi connectivity index (χ1v) is 8.00. The highest BCUT2D eigenvalue weighted by molar-refractivity contribution is 5.92. The lowest BCUT2D eigenvalue weighted by Gasteiger charge is -2.04. The van der Waals surface area contributed by atoms with Crippen molar-refractivity contribution in [3.63, 3.8) is 0 Å². The molecule has 2 aromatic carbocycles. The highest BCUT2D eigenvalue weighted by Gasteiger charge is 2.29. The average Bonchev–Trinajstić information content (AvgIpc) is 3.29. The zero-order valence-electron chi connectivity index (χ0n) is 13.2. The number of hydrogen-bond acceptors (Lipinski definition) is 3. The minimum atomic E-state index is 0.785. The molecule has 0 atom stereocenters. The number of hydrogen-bond donors (Lipinski definition) is 1. The molecule has 5 rings (SSSR count). The van der Waals surface area contributed by atoms with Gasteiger partial charge in [-0.15, -0.1) is 0 Å². The number of aryl methyl sites for hydroxylation is 1. The summed E-state index contributed by atoms with van der Waals surface area (Å²) in [6, 6.07) is 18.6. The van der Waals surface area contributed by atoms with Crippen molar-refractivity contribution in [3.8, 4) is 33.6 Å². The van der Waals surface area contributed by atoms with Gasteiger partial charge in [-0.1, -0.05) is 59.8 Å². The Hall–Kier alpha value is -3.14. The van der Waals surface area contributed by atoms with Gasteiger partial charge < -0.3 is 4.52 Å². The molecule has 1 aliphatic carbocycles. The number of nitrogens with zero attached hydrogens (tertiary/aromatic N) is 2. The number of rotatable bonds is 2. The number of nitrogens with one attached hydrogen (secondary N) is 1. The SMILES string of the molecule is Cc1onc(-c2ccccc2)c1-c1n[nH]c2c1-c1ccccc1C2. The predicted octanol–water partition coefficient (Wildman–Crippen LogP) is 4.61. The van der Waals surface area contributed by atoms with Crippen LogP contribution in [0.5, 0.6) is 0 Å². The second-order valence-electron chi connectivity index (χ2n) is 6.09. The largest absolute Gasteiger partial charge is 0.360 e. The van der Waals surface area contributed by atoms with Crippen molar-refractivity contribution in [1.29, 1.82) is 0 Å². The van der Waals surface area contributed by atoms with Crippen molar-refractivity contribution >= 4 is 0 Å². The summed E-state index contributed by atoms with van der Waals surface area (Å²) in [6.07, 6.45) is 0.892. The monoisotopic (exact) mass is 313 g/mol. The van der Waals surface area contributed by atoms with E-state index in [9.17, 15) is 0 Å². The standard InChI is InChI=1S/C20H15N3O/c1-12-17(19(23-24-12)13-7-3-2-4-8-13)20-18-15-10-6-5-9-14(15)11-16(18)21-22-20/h2-10H,11H2,1H3,(H,21,22). The highest BCUT2D eigenvalue weighted by atomic mass is 16.5. The Bertz CT molecular complexity index is 1040. The number of aromatic nitrogens is 3. The van der Waals surface area contributed by atoms with Crippen LogP contribution in [-0.4, -0.2) is 15.4 Å². The van der Waals surface area contributed by atoms with Gasteiger partial charge in [0, 0.05) is 23.2 Å². The van der Waals surface area contributed by atoms with Gasteiger partial charge in [-0.3, -0.25) is 5.10 Å². The second-order valence-corrected chi connectivity index (χ2v) is 6.09. The van der Waals surface area contributed by atoms with Crippen molar-refractivity contribution in [2.75, 3.05) is 0 Å². The molecule has 0 saturated heterocycles. The van der Waals surface area contributed by atoms with Gasteiger partial charge in [0.2, 0.25) is 0 Å². The van der Waals surface area contributed by atoms with E-state index in [0.29, 0.717) is 0 Å². The van der Waals surface area contributed by atoms with Gasteiger partial charge >= 0.3 is 0 Å². The van der Waals surface area contributed by atoms with Crippen LogP contribution in [0.15, 0.2) is 59.1 Å². The van der Waals surface area contributed by atoms with Gasteiger partial charge in [0.05, 0.1) is 5.56 Å². The average molecular weight is 313 g/mol. The third kappa shape index (κ3) is 1.80. The van der Waals surface area contributed by atoms with Crippen molar-refractivity contribution < 1.29 is 4.52 Å². The Labute approximate surface area is 139 Å². The Kier molecular flexibility index (Phi) is 2.73. The van der Waals surface area contributed by atoms with E-state index in [0.717, 1.165) is 40.4 Å². The molecule has 0 fully saturated rings. The molecular weight excluding hydrogens is 298 g/mol. The summed E-state index contributed by atoms with van der Waals surface area (Å²) in [7, 11) is 0. The molecular formula is C20H15N3O. The van der Waals surface area contributed by atoms with Gasteiger partial charge in [0.15, 0.2) is 0 Å². The smallest absolute Gasteiger partial charge is 0.143 e. The Morgan fingerprint density at radius 3 is 2.58 bits per heavy atom. The first kappa shape index (κ1) is 13.3. The van der Waals surface area contributed by atoms with Gasteiger partial charge in [0.25, 0.3) is 0 Å². The van der Waals surface area contributed by atoms with Crippen LogP contribution in [0, 0.1) is 6.92 Å². The van der Waals surface area contributed by atoms with Crippen molar-refractivity contribution in [3.05, 3.63) is 71.6 Å². The highest BCUT2D eigenvalue weighted by Crippen LogP contribution is 2.44. The fourth-order valence-corrected chi connectivity index (χ4v) is 3.53. The molecule has 0 amide bonds. The summed E-state index contributed by atoms with van der Waals surface area (Å²) in [5.41, 5.74) is 8.68. The third-order valence-electron chi connectivity index (χ3n) is 4.64. The van der Waals surface area contributed by atoms with E-state index in [4.69, 9.17) is 4.52 Å². The molecule has 4 heteroatoms. The first-order chi connectivity index (χ1) is 11.8. The van der Waals surface area contributed by atoms with Crippen LogP contribution in [0.2, 0.25) is 0 Å². The normalized spacial score (nSPS) is 12.2. The van der Waals surface area contributed by atoms with E-state index in [1.807, 2.05) is 37.3 Å². The number of fused-ring (bicyclic) bond motifs is 3. The Morgan fingerprint density at radius 2 is 1.71 bits per heavy atom. The summed E-state index contributed by atoms with van der Waals surface area (Å²) in [6.45, 7) is 1.94. The van der Waals surface area contributed by atoms with Gasteiger partial charge in [-0.25, -0.2) is 0 Å². The summed E-state index contributed by atoms with van der Waals surface area (Å²) >= 11 is 0. The van der Waals surface area contributed by atoms with Crippen LogP contribution in [0.3, 0.4) is 0 Å². The molecule has 4 aromatic rings. The predicted molar refractivity (Wildman–Crippen MR) is 92.5 cm³/mol. The summed E-state index contributed by atoms with van der Waals surface area (Å²) in [5, 5.41) is 12.1. The molecule has 0 bridgehead atoms. The summed E-state index contributed by atoms with van der Waals surface area (Å²) < 4.78 is 5.52. The van der Waals surface area contributed by atoms with E-state index < -0.39 is 0 Å². The molecule has 0 aliphatic heterocycles. The molecule has 0 unspecified atom stereocenters. The topological polar surface area (TPSA) is 54.7 Å². The maximum atomic E-state index is 5.52. The van der Waals surface area contributed by atoms with Crippen LogP contribution in [0.25, 0.3) is 33.6 Å². The molecule has 0 spiro atoms. The van der Waals surface area contributed by atoms with Crippen LogP contribution in [0.4, 0.5) is 0 Å². The van der Waals surface area contributed by atoms with Crippen LogP contribution in [-0.2, 0) is 6.42 Å². The quantitative estimate of drug-likeness (QED) is 0.518. The molecule has 0 saturated carbocycles. The molecule has 24 heavy (non-hydrogen) atoms. The number of H-pyrrole nitrogens is 1. The summed E-state index contributed by atoms with van der Waals surface area (Å²) in [4.78, 5) is 0. The lowest BCUT2D eigenvalue weighted by atomic mass is 9.98. The van der Waals surface area contributed by atoms with Crippen LogP contribution in [0.1, 0.15) is 17.0 Å². The number of benzene rings is 2. The molecule has 0 radical (unpaired) electrons. The molecule has 2 heterocycles. The van der Waals surface area contributed by atoms with Crippen molar-refractivity contribution in [1.82, 2.24) is 15.4 Å². The van der Waals surface area contributed by atoms with E-state index >= 15 is 0 Å². The first-order valence-electron chi connectivity index (χ1n) is 8.00. The zero-order valence-corrected chi connectivity index (χ0v) is 13.2. The van der Waals surface area contributed by atoms with Crippen molar-refractivity contribution in [2.24, 2.45) is 0 Å². The fraction of sp³-hybridized carbons (Fsp3) is 0.100. The Balaban J connectivity index is 1.76. The third-order valence-corrected chi connectivity index (χ3v) is 4.64. The van der Waals surface area contributed by atoms with Crippen LogP contribution >= 0.6 is 0 Å². The molecule has 4 nitrogen and oxygen atoms in total. The van der Waals surface area contributed by atoms with Gasteiger partial charge in [-0.2, -0.15) is 5.10 Å². The fourth-order valence-electron chi connectivity index (χ4n) is 3.53. The molecule has 1 N–H and O–H groups in total.